The first kappa shape index (κ1) is 24.3. The second-order valence-corrected chi connectivity index (χ2v) is 8.66. The van der Waals surface area contributed by atoms with Crippen LogP contribution >= 0.6 is 0 Å². The van der Waals surface area contributed by atoms with Crippen molar-refractivity contribution < 1.29 is 23.1 Å². The van der Waals surface area contributed by atoms with Crippen molar-refractivity contribution in [3.8, 4) is 11.1 Å². The zero-order valence-corrected chi connectivity index (χ0v) is 19.0. The van der Waals surface area contributed by atoms with E-state index in [0.717, 1.165) is 52.2 Å². The van der Waals surface area contributed by atoms with Gasteiger partial charge in [0.2, 0.25) is 0 Å². The van der Waals surface area contributed by atoms with E-state index in [9.17, 15) is 18.0 Å². The van der Waals surface area contributed by atoms with Gasteiger partial charge in [-0.15, -0.1) is 0 Å². The Hall–Kier alpha value is -3.35. The first-order valence-corrected chi connectivity index (χ1v) is 10.7. The quantitative estimate of drug-likeness (QED) is 0.392. The SMILES string of the molecule is Cc1cc(NC(CC(C)C)c2ccc(C(=O)O)cn2)cc(C)c1-c1ccc(C(F)(F)F)cc1. The van der Waals surface area contributed by atoms with Gasteiger partial charge in [-0.3, -0.25) is 4.98 Å². The van der Waals surface area contributed by atoms with Crippen LogP contribution < -0.4 is 5.32 Å². The third kappa shape index (κ3) is 5.92. The van der Waals surface area contributed by atoms with Crippen LogP contribution in [-0.4, -0.2) is 16.1 Å². The van der Waals surface area contributed by atoms with Gasteiger partial charge in [0, 0.05) is 11.9 Å². The third-order valence-corrected chi connectivity index (χ3v) is 5.47. The van der Waals surface area contributed by atoms with E-state index < -0.39 is 17.7 Å². The Morgan fingerprint density at radius 1 is 1.03 bits per heavy atom. The lowest BCUT2D eigenvalue weighted by Crippen LogP contribution is -2.15. The largest absolute Gasteiger partial charge is 0.478 e. The lowest BCUT2D eigenvalue weighted by Gasteiger charge is -2.23. The van der Waals surface area contributed by atoms with Gasteiger partial charge in [0.15, 0.2) is 0 Å². The van der Waals surface area contributed by atoms with Gasteiger partial charge in [-0.25, -0.2) is 4.79 Å². The van der Waals surface area contributed by atoms with Gasteiger partial charge in [-0.1, -0.05) is 26.0 Å². The fourth-order valence-corrected chi connectivity index (χ4v) is 3.99. The molecule has 1 unspecified atom stereocenters. The van der Waals surface area contributed by atoms with Crippen molar-refractivity contribution in [3.05, 3.63) is 82.7 Å². The summed E-state index contributed by atoms with van der Waals surface area (Å²) in [6.45, 7) is 8.07. The van der Waals surface area contributed by atoms with Gasteiger partial charge in [0.25, 0.3) is 0 Å². The molecule has 0 saturated carbocycles. The number of aromatic nitrogens is 1. The fourth-order valence-electron chi connectivity index (χ4n) is 3.99. The molecule has 174 valence electrons. The molecule has 0 aliphatic carbocycles. The van der Waals surface area contributed by atoms with Gasteiger partial charge >= 0.3 is 12.1 Å². The molecule has 0 fully saturated rings. The van der Waals surface area contributed by atoms with Crippen LogP contribution in [0.3, 0.4) is 0 Å². The Morgan fingerprint density at radius 2 is 1.64 bits per heavy atom. The molecule has 1 atom stereocenters. The first-order valence-electron chi connectivity index (χ1n) is 10.7. The summed E-state index contributed by atoms with van der Waals surface area (Å²) in [6.07, 6.45) is -2.21. The van der Waals surface area contributed by atoms with Crippen LogP contribution in [0.4, 0.5) is 18.9 Å². The van der Waals surface area contributed by atoms with E-state index in [-0.39, 0.29) is 11.6 Å². The highest BCUT2D eigenvalue weighted by Crippen LogP contribution is 2.35. The number of benzene rings is 2. The van der Waals surface area contributed by atoms with Crippen LogP contribution in [0.5, 0.6) is 0 Å². The van der Waals surface area contributed by atoms with Crippen LogP contribution in [0.2, 0.25) is 0 Å². The summed E-state index contributed by atoms with van der Waals surface area (Å²) < 4.78 is 38.7. The molecular formula is C26H27F3N2O2. The van der Waals surface area contributed by atoms with Crippen LogP contribution in [0, 0.1) is 19.8 Å². The summed E-state index contributed by atoms with van der Waals surface area (Å²) in [5, 5.41) is 12.6. The Balaban J connectivity index is 1.90. The first-order chi connectivity index (χ1) is 15.5. The van der Waals surface area contributed by atoms with Gasteiger partial charge < -0.3 is 10.4 Å². The molecule has 0 saturated heterocycles. The maximum Gasteiger partial charge on any atom is 0.416 e. The zero-order valence-electron chi connectivity index (χ0n) is 19.0. The maximum absolute atomic E-state index is 12.9. The molecule has 1 aromatic heterocycles. The van der Waals surface area contributed by atoms with E-state index in [1.54, 1.807) is 12.1 Å². The van der Waals surface area contributed by atoms with Gasteiger partial charge in [-0.05, 0) is 84.8 Å². The minimum Gasteiger partial charge on any atom is -0.478 e. The van der Waals surface area contributed by atoms with E-state index >= 15 is 0 Å². The number of nitrogens with zero attached hydrogens (tertiary/aromatic N) is 1. The predicted octanol–water partition coefficient (Wildman–Crippen LogP) is 7.28. The monoisotopic (exact) mass is 456 g/mol. The molecule has 0 radical (unpaired) electrons. The molecule has 3 rings (SSSR count). The molecule has 4 nitrogen and oxygen atoms in total. The zero-order chi connectivity index (χ0) is 24.3. The summed E-state index contributed by atoms with van der Waals surface area (Å²) in [7, 11) is 0. The number of carboxylic acids is 1. The lowest BCUT2D eigenvalue weighted by molar-refractivity contribution is -0.137. The van der Waals surface area contributed by atoms with E-state index in [1.807, 2.05) is 26.0 Å². The molecule has 0 aliphatic heterocycles. The number of alkyl halides is 3. The molecule has 2 aromatic carbocycles. The molecule has 1 heterocycles. The molecule has 2 N–H and O–H groups in total. The van der Waals surface area contributed by atoms with Crippen molar-refractivity contribution in [1.82, 2.24) is 4.98 Å². The van der Waals surface area contributed by atoms with Crippen LogP contribution in [0.15, 0.2) is 54.7 Å². The lowest BCUT2D eigenvalue weighted by atomic mass is 9.93. The number of hydrogen-bond acceptors (Lipinski definition) is 3. The van der Waals surface area contributed by atoms with Gasteiger partial charge in [0.05, 0.1) is 22.9 Å². The van der Waals surface area contributed by atoms with Crippen molar-refractivity contribution >= 4 is 11.7 Å². The maximum atomic E-state index is 12.9. The van der Waals surface area contributed by atoms with Crippen LogP contribution in [-0.2, 0) is 6.18 Å². The number of carboxylic acid groups (broad SMARTS) is 1. The summed E-state index contributed by atoms with van der Waals surface area (Å²) in [5.74, 6) is -0.649. The number of carbonyl (C=O) groups is 1. The Kier molecular flexibility index (Phi) is 7.10. The van der Waals surface area contributed by atoms with Crippen molar-refractivity contribution in [3.63, 3.8) is 0 Å². The number of aromatic carboxylic acids is 1. The van der Waals surface area contributed by atoms with Crippen LogP contribution in [0.1, 0.15) is 59.1 Å². The summed E-state index contributed by atoms with van der Waals surface area (Å²) >= 11 is 0. The number of aryl methyl sites for hydroxylation is 2. The fraction of sp³-hybridized carbons (Fsp3) is 0.308. The molecule has 0 aliphatic rings. The highest BCUT2D eigenvalue weighted by molar-refractivity contribution is 5.87. The summed E-state index contributed by atoms with van der Waals surface area (Å²) in [6, 6.07) is 12.3. The molecule has 33 heavy (non-hydrogen) atoms. The number of nitrogens with one attached hydrogen (secondary N) is 1. The highest BCUT2D eigenvalue weighted by Gasteiger charge is 2.30. The molecular weight excluding hydrogens is 429 g/mol. The van der Waals surface area contributed by atoms with Gasteiger partial charge in [0.1, 0.15) is 0 Å². The second kappa shape index (κ2) is 9.65. The topological polar surface area (TPSA) is 62.2 Å². The Labute approximate surface area is 191 Å². The summed E-state index contributed by atoms with van der Waals surface area (Å²) in [5.41, 5.74) is 4.59. The minimum absolute atomic E-state index is 0.122. The predicted molar refractivity (Wildman–Crippen MR) is 123 cm³/mol. The number of pyridine rings is 1. The smallest absolute Gasteiger partial charge is 0.416 e. The normalized spacial score (nSPS) is 12.6. The number of hydrogen-bond donors (Lipinski definition) is 2. The Bertz CT molecular complexity index is 1100. The third-order valence-electron chi connectivity index (χ3n) is 5.47. The molecule has 0 spiro atoms. The molecule has 7 heteroatoms. The standard InChI is InChI=1S/C26H27F3N2O2/c1-15(2)11-23(22-10-7-19(14-30-22)25(32)33)31-21-12-16(3)24(17(4)13-21)18-5-8-20(9-6-18)26(27,28)29/h5-10,12-15,23,31H,11H2,1-4H3,(H,32,33). The van der Waals surface area contributed by atoms with E-state index in [1.165, 1.54) is 18.3 Å². The van der Waals surface area contributed by atoms with Crippen molar-refractivity contribution in [2.45, 2.75) is 46.3 Å². The molecule has 3 aromatic rings. The van der Waals surface area contributed by atoms with E-state index in [0.29, 0.717) is 5.92 Å². The van der Waals surface area contributed by atoms with Crippen molar-refractivity contribution in [2.24, 2.45) is 5.92 Å². The number of anilines is 1. The average Bonchev–Trinajstić information content (AvgIpc) is 2.72. The average molecular weight is 457 g/mol. The van der Waals surface area contributed by atoms with Crippen molar-refractivity contribution in [1.29, 1.82) is 0 Å². The molecule has 0 amide bonds. The number of halogens is 3. The minimum atomic E-state index is -4.36. The second-order valence-electron chi connectivity index (χ2n) is 8.66. The van der Waals surface area contributed by atoms with Gasteiger partial charge in [-0.2, -0.15) is 13.2 Å². The van der Waals surface area contributed by atoms with Crippen LogP contribution in [0.25, 0.3) is 11.1 Å². The number of rotatable bonds is 7. The summed E-state index contributed by atoms with van der Waals surface area (Å²) in [4.78, 5) is 15.5. The molecule has 0 bridgehead atoms. The highest BCUT2D eigenvalue weighted by atomic mass is 19.4. The Morgan fingerprint density at radius 3 is 2.09 bits per heavy atom. The van der Waals surface area contributed by atoms with Crippen molar-refractivity contribution in [2.75, 3.05) is 5.32 Å². The van der Waals surface area contributed by atoms with E-state index in [2.05, 4.69) is 24.1 Å². The van der Waals surface area contributed by atoms with E-state index in [4.69, 9.17) is 5.11 Å².